The number of carboxylic acids is 1. The molecule has 1 heterocycles. The Morgan fingerprint density at radius 2 is 1.45 bits per heavy atom. The molecule has 0 spiro atoms. The number of aliphatic hydroxyl groups excluding tert-OH is 3. The van der Waals surface area contributed by atoms with Crippen LogP contribution in [0.3, 0.4) is 0 Å². The number of nitrogens with two attached hydrogens (primary N) is 1. The normalized spacial score (nSPS) is 21.6. The van der Waals surface area contributed by atoms with Crippen LogP contribution in [0.1, 0.15) is 136 Å². The molecule has 15 nitrogen and oxygen atoms in total. The van der Waals surface area contributed by atoms with Crippen molar-refractivity contribution in [3.8, 4) is 0 Å². The van der Waals surface area contributed by atoms with Gasteiger partial charge in [0, 0.05) is 25.2 Å². The molecule has 0 aromatic heterocycles. The number of carbonyl (C=O) groups is 3. The Kier molecular flexibility index (Phi) is 29.0. The van der Waals surface area contributed by atoms with Crippen molar-refractivity contribution in [2.45, 2.75) is 173 Å². The third-order valence-corrected chi connectivity index (χ3v) is 10.1. The SMILES string of the molecule is CCCC/C=C\CCCCCCCC(=O)O[C@H](COC(=O)CCC/C=C\C[C@H]1[C@@H](O)CC(O)O[C@@H]1/C=C/[C@@H](O)CCCCC)COP(=O)(O)OC[C@H](N)C(=O)O. The van der Waals surface area contributed by atoms with Gasteiger partial charge in [-0.2, -0.15) is 0 Å². The number of esters is 2. The molecule has 1 aliphatic rings. The van der Waals surface area contributed by atoms with E-state index in [-0.39, 0.29) is 25.2 Å². The van der Waals surface area contributed by atoms with E-state index < -0.39 is 82.3 Å². The van der Waals surface area contributed by atoms with Crippen molar-refractivity contribution in [2.24, 2.45) is 11.7 Å². The summed E-state index contributed by atoms with van der Waals surface area (Å²) in [7, 11) is -4.78. The minimum atomic E-state index is -4.78. The van der Waals surface area contributed by atoms with Gasteiger partial charge in [0.2, 0.25) is 0 Å². The minimum Gasteiger partial charge on any atom is -0.480 e. The average Bonchev–Trinajstić information content (AvgIpc) is 3.15. The lowest BCUT2D eigenvalue weighted by Gasteiger charge is -2.36. The Hall–Kier alpha value is -2.46. The molecule has 1 saturated heterocycles. The number of hydrogen-bond donors (Lipinski definition) is 6. The molecule has 56 heavy (non-hydrogen) atoms. The van der Waals surface area contributed by atoms with E-state index in [2.05, 4.69) is 30.5 Å². The Balaban J connectivity index is 2.58. The van der Waals surface area contributed by atoms with Crippen molar-refractivity contribution in [1.82, 2.24) is 0 Å². The predicted octanol–water partition coefficient (Wildman–Crippen LogP) is 6.16. The highest BCUT2D eigenvalue weighted by molar-refractivity contribution is 7.47. The van der Waals surface area contributed by atoms with Gasteiger partial charge in [-0.3, -0.25) is 23.4 Å². The number of carboxylic acid groups (broad SMARTS) is 1. The summed E-state index contributed by atoms with van der Waals surface area (Å²) in [5.41, 5.74) is 5.31. The van der Waals surface area contributed by atoms with Gasteiger partial charge in [-0.25, -0.2) is 4.57 Å². The largest absolute Gasteiger partial charge is 0.480 e. The van der Waals surface area contributed by atoms with Gasteiger partial charge in [-0.15, -0.1) is 0 Å². The molecule has 1 rings (SSSR count). The first-order chi connectivity index (χ1) is 26.8. The van der Waals surface area contributed by atoms with E-state index >= 15 is 0 Å². The maximum absolute atomic E-state index is 12.6. The van der Waals surface area contributed by atoms with Gasteiger partial charge in [0.25, 0.3) is 0 Å². The van der Waals surface area contributed by atoms with Crippen LogP contribution in [-0.4, -0.2) is 99.8 Å². The van der Waals surface area contributed by atoms with E-state index in [4.69, 9.17) is 29.6 Å². The molecule has 7 N–H and O–H groups in total. The van der Waals surface area contributed by atoms with Gasteiger partial charge in [-0.1, -0.05) is 102 Å². The molecular formula is C40H70NO14P. The van der Waals surface area contributed by atoms with Gasteiger partial charge in [0.05, 0.1) is 31.5 Å². The van der Waals surface area contributed by atoms with Crippen LogP contribution in [-0.2, 0) is 42.2 Å². The predicted molar refractivity (Wildman–Crippen MR) is 211 cm³/mol. The monoisotopic (exact) mass is 819 g/mol. The number of allylic oxidation sites excluding steroid dienone is 4. The molecular weight excluding hydrogens is 749 g/mol. The lowest BCUT2D eigenvalue weighted by molar-refractivity contribution is -0.199. The summed E-state index contributed by atoms with van der Waals surface area (Å²) in [6.45, 7) is 2.34. The smallest absolute Gasteiger partial charge is 0.472 e. The van der Waals surface area contributed by atoms with Crippen molar-refractivity contribution >= 4 is 25.7 Å². The van der Waals surface area contributed by atoms with Gasteiger partial charge in [0.1, 0.15) is 12.6 Å². The molecule has 0 amide bonds. The first-order valence-corrected chi connectivity index (χ1v) is 21.9. The van der Waals surface area contributed by atoms with Crippen LogP contribution in [0.15, 0.2) is 36.5 Å². The number of rotatable bonds is 33. The zero-order chi connectivity index (χ0) is 41.6. The zero-order valence-electron chi connectivity index (χ0n) is 33.5. The Morgan fingerprint density at radius 1 is 0.821 bits per heavy atom. The number of unbranched alkanes of at least 4 members (excludes halogenated alkanes) is 10. The number of phosphoric acid groups is 1. The van der Waals surface area contributed by atoms with E-state index in [1.807, 2.05) is 12.2 Å². The Bertz CT molecular complexity index is 1210. The van der Waals surface area contributed by atoms with Crippen molar-refractivity contribution in [1.29, 1.82) is 0 Å². The molecule has 16 heteroatoms. The van der Waals surface area contributed by atoms with Crippen molar-refractivity contribution in [2.75, 3.05) is 19.8 Å². The number of carbonyl (C=O) groups excluding carboxylic acids is 2. The molecule has 0 aliphatic carbocycles. The fraction of sp³-hybridized carbons (Fsp3) is 0.775. The van der Waals surface area contributed by atoms with Gasteiger partial charge in [-0.05, 0) is 51.4 Å². The summed E-state index contributed by atoms with van der Waals surface area (Å²) in [6.07, 6.45) is 21.3. The van der Waals surface area contributed by atoms with Crippen molar-refractivity contribution in [3.05, 3.63) is 36.5 Å². The fourth-order valence-corrected chi connectivity index (χ4v) is 6.57. The van der Waals surface area contributed by atoms with Gasteiger partial charge >= 0.3 is 25.7 Å². The topological polar surface area (TPSA) is 242 Å². The van der Waals surface area contributed by atoms with E-state index in [1.54, 1.807) is 12.2 Å². The van der Waals surface area contributed by atoms with Gasteiger partial charge < -0.3 is 45.3 Å². The van der Waals surface area contributed by atoms with E-state index in [0.717, 1.165) is 57.8 Å². The van der Waals surface area contributed by atoms with Crippen LogP contribution in [0.4, 0.5) is 0 Å². The molecule has 8 atom stereocenters. The lowest BCUT2D eigenvalue weighted by Crippen LogP contribution is -2.43. The van der Waals surface area contributed by atoms with Crippen LogP contribution < -0.4 is 5.73 Å². The Morgan fingerprint density at radius 3 is 2.16 bits per heavy atom. The van der Waals surface area contributed by atoms with Crippen molar-refractivity contribution < 1.29 is 67.5 Å². The quantitative estimate of drug-likeness (QED) is 0.0188. The van der Waals surface area contributed by atoms with Crippen LogP contribution >= 0.6 is 7.82 Å². The number of aliphatic hydroxyl groups is 3. The highest BCUT2D eigenvalue weighted by atomic mass is 31.2. The highest BCUT2D eigenvalue weighted by Crippen LogP contribution is 2.43. The average molecular weight is 820 g/mol. The number of aliphatic carboxylic acids is 1. The standard InChI is InChI=1S/C40H70NO14P/c1-3-5-7-8-9-10-11-12-13-14-20-24-38(45)54-32(29-52-56(49,50)53-30-34(41)40(47)48)28-51-37(44)23-19-16-15-18-22-33-35(43)27-39(46)55-36(33)26-25-31(42)21-17-6-4-2/h8-9,15,18,25-26,31-36,39,42-43,46H,3-7,10-14,16-17,19-24,27-30,41H2,1-2H3,(H,47,48)(H,49,50)/b9-8-,18-15-,26-25+/t31-,32+,33-,34-,35-,36+,39?/m0/s1. The summed E-state index contributed by atoms with van der Waals surface area (Å²) < 4.78 is 38.2. The zero-order valence-corrected chi connectivity index (χ0v) is 34.4. The fourth-order valence-electron chi connectivity index (χ4n) is 5.79. The summed E-state index contributed by atoms with van der Waals surface area (Å²) in [5, 5.41) is 39.8. The van der Waals surface area contributed by atoms with Crippen molar-refractivity contribution in [3.63, 3.8) is 0 Å². The maximum atomic E-state index is 12.6. The first-order valence-electron chi connectivity index (χ1n) is 20.4. The Labute approximate surface area is 333 Å². The lowest BCUT2D eigenvalue weighted by atomic mass is 9.87. The highest BCUT2D eigenvalue weighted by Gasteiger charge is 2.35. The van der Waals surface area contributed by atoms with Crippen LogP contribution in [0.25, 0.3) is 0 Å². The maximum Gasteiger partial charge on any atom is 0.472 e. The molecule has 0 aromatic rings. The van der Waals surface area contributed by atoms with Gasteiger partial charge in [0.15, 0.2) is 12.4 Å². The minimum absolute atomic E-state index is 0.0255. The number of hydrogen-bond acceptors (Lipinski definition) is 13. The van der Waals surface area contributed by atoms with E-state index in [1.165, 1.54) is 12.8 Å². The third kappa shape index (κ3) is 26.5. The molecule has 0 bridgehead atoms. The summed E-state index contributed by atoms with van der Waals surface area (Å²) in [5.74, 6) is -2.96. The number of ether oxygens (including phenoxy) is 3. The molecule has 0 aromatic carbocycles. The first kappa shape index (κ1) is 51.6. The molecule has 1 aliphatic heterocycles. The summed E-state index contributed by atoms with van der Waals surface area (Å²) in [6, 6.07) is -1.56. The second-order valence-corrected chi connectivity index (χ2v) is 15.7. The van der Waals surface area contributed by atoms with Crippen LogP contribution in [0.2, 0.25) is 0 Å². The second-order valence-electron chi connectivity index (χ2n) is 14.3. The summed E-state index contributed by atoms with van der Waals surface area (Å²) >= 11 is 0. The van der Waals surface area contributed by atoms with Crippen LogP contribution in [0, 0.1) is 5.92 Å². The second kappa shape index (κ2) is 31.5. The molecule has 2 unspecified atom stereocenters. The van der Waals surface area contributed by atoms with Crippen LogP contribution in [0.5, 0.6) is 0 Å². The molecule has 0 saturated carbocycles. The summed E-state index contributed by atoms with van der Waals surface area (Å²) in [4.78, 5) is 46.0. The number of phosphoric ester groups is 1. The van der Waals surface area contributed by atoms with E-state index in [0.29, 0.717) is 32.1 Å². The van der Waals surface area contributed by atoms with E-state index in [9.17, 15) is 39.2 Å². The molecule has 0 radical (unpaired) electrons. The molecule has 1 fully saturated rings. The molecule has 324 valence electrons. The third-order valence-electron chi connectivity index (χ3n) is 9.16.